The second kappa shape index (κ2) is 12.3. The van der Waals surface area contributed by atoms with Gasteiger partial charge in [-0.2, -0.15) is 5.26 Å². The van der Waals surface area contributed by atoms with Crippen molar-refractivity contribution < 1.29 is 28.1 Å². The fraction of sp³-hybridized carbons (Fsp3) is 0.133. The molecule has 39 heavy (non-hydrogen) atoms. The lowest BCUT2D eigenvalue weighted by atomic mass is 10.1. The Morgan fingerprint density at radius 1 is 0.949 bits per heavy atom. The van der Waals surface area contributed by atoms with Crippen LogP contribution in [0.3, 0.4) is 0 Å². The maximum atomic E-state index is 13.0. The molecule has 0 aliphatic carbocycles. The fourth-order valence-corrected chi connectivity index (χ4v) is 3.65. The molecule has 0 bridgehead atoms. The van der Waals surface area contributed by atoms with Crippen LogP contribution in [0.25, 0.3) is 6.08 Å². The summed E-state index contributed by atoms with van der Waals surface area (Å²) in [5, 5.41) is 9.15. The zero-order valence-electron chi connectivity index (χ0n) is 21.5. The monoisotopic (exact) mass is 525 g/mol. The van der Waals surface area contributed by atoms with Crippen LogP contribution < -0.4 is 14.2 Å². The molecule has 3 aromatic carbocycles. The van der Waals surface area contributed by atoms with Crippen LogP contribution in [0.2, 0.25) is 0 Å². The molecule has 0 atom stereocenters. The first-order valence-corrected chi connectivity index (χ1v) is 11.8. The number of rotatable bonds is 9. The molecule has 4 aromatic rings. The first kappa shape index (κ1) is 26.8. The van der Waals surface area contributed by atoms with Gasteiger partial charge in [0.1, 0.15) is 24.5 Å². The number of hydrogen-bond acceptors (Lipinski definition) is 8. The van der Waals surface area contributed by atoms with E-state index in [1.54, 1.807) is 54.6 Å². The average Bonchev–Trinajstić information content (AvgIpc) is 2.94. The van der Waals surface area contributed by atoms with Crippen molar-refractivity contribution in [3.8, 4) is 35.1 Å². The van der Waals surface area contributed by atoms with Gasteiger partial charge >= 0.3 is 5.97 Å². The Hall–Kier alpha value is -5.23. The SMILES string of the molecule is COc1cc(COC(=O)/C=C/c2ccc(F)cc2)ccc1Oc1cc(Oc2c(C)cc(C#N)cc2C)ncn1. The summed E-state index contributed by atoms with van der Waals surface area (Å²) >= 11 is 0. The van der Waals surface area contributed by atoms with Crippen molar-refractivity contribution in [3.05, 3.63) is 107 Å². The lowest BCUT2D eigenvalue weighted by molar-refractivity contribution is -0.138. The quantitative estimate of drug-likeness (QED) is 0.181. The van der Waals surface area contributed by atoms with Gasteiger partial charge in [0, 0.05) is 6.08 Å². The van der Waals surface area contributed by atoms with Crippen molar-refractivity contribution in [2.75, 3.05) is 7.11 Å². The van der Waals surface area contributed by atoms with E-state index in [1.165, 1.54) is 31.6 Å². The average molecular weight is 526 g/mol. The molecule has 1 heterocycles. The summed E-state index contributed by atoms with van der Waals surface area (Å²) in [5.74, 6) is 1.00. The van der Waals surface area contributed by atoms with Crippen molar-refractivity contribution in [1.29, 1.82) is 5.26 Å². The van der Waals surface area contributed by atoms with Crippen molar-refractivity contribution in [1.82, 2.24) is 9.97 Å². The minimum Gasteiger partial charge on any atom is -0.493 e. The number of hydrogen-bond donors (Lipinski definition) is 0. The van der Waals surface area contributed by atoms with Crippen LogP contribution in [-0.4, -0.2) is 23.0 Å². The van der Waals surface area contributed by atoms with Crippen LogP contribution in [-0.2, 0) is 16.1 Å². The Morgan fingerprint density at radius 2 is 1.64 bits per heavy atom. The van der Waals surface area contributed by atoms with E-state index in [2.05, 4.69) is 16.0 Å². The molecule has 4 rings (SSSR count). The van der Waals surface area contributed by atoms with E-state index in [0.29, 0.717) is 33.9 Å². The molecule has 0 N–H and O–H groups in total. The number of halogens is 1. The van der Waals surface area contributed by atoms with Gasteiger partial charge in [0.15, 0.2) is 11.5 Å². The molecular weight excluding hydrogens is 501 g/mol. The first-order valence-electron chi connectivity index (χ1n) is 11.8. The van der Waals surface area contributed by atoms with Gasteiger partial charge in [-0.1, -0.05) is 18.2 Å². The Kier molecular flexibility index (Phi) is 8.49. The molecular formula is C30H24FN3O5. The van der Waals surface area contributed by atoms with Gasteiger partial charge in [0.2, 0.25) is 11.8 Å². The van der Waals surface area contributed by atoms with E-state index >= 15 is 0 Å². The molecule has 196 valence electrons. The van der Waals surface area contributed by atoms with Crippen LogP contribution in [0.5, 0.6) is 29.0 Å². The number of benzene rings is 3. The van der Waals surface area contributed by atoms with E-state index < -0.39 is 5.97 Å². The number of carbonyl (C=O) groups is 1. The third-order valence-corrected chi connectivity index (χ3v) is 5.52. The van der Waals surface area contributed by atoms with Gasteiger partial charge in [-0.15, -0.1) is 0 Å². The van der Waals surface area contributed by atoms with Crippen molar-refractivity contribution >= 4 is 12.0 Å². The van der Waals surface area contributed by atoms with Crippen molar-refractivity contribution in [2.45, 2.75) is 20.5 Å². The zero-order valence-corrected chi connectivity index (χ0v) is 21.5. The summed E-state index contributed by atoms with van der Waals surface area (Å²) in [7, 11) is 1.49. The smallest absolute Gasteiger partial charge is 0.331 e. The molecule has 9 heteroatoms. The van der Waals surface area contributed by atoms with Crippen LogP contribution in [0.15, 0.2) is 73.1 Å². The van der Waals surface area contributed by atoms with E-state index in [-0.39, 0.29) is 24.2 Å². The predicted molar refractivity (Wildman–Crippen MR) is 141 cm³/mol. The van der Waals surface area contributed by atoms with Gasteiger partial charge in [0.25, 0.3) is 0 Å². The Labute approximate surface area is 224 Å². The fourth-order valence-electron chi connectivity index (χ4n) is 3.65. The number of methoxy groups -OCH3 is 1. The summed E-state index contributed by atoms with van der Waals surface area (Å²) in [6.07, 6.45) is 4.14. The highest BCUT2D eigenvalue weighted by Crippen LogP contribution is 2.34. The molecule has 0 saturated heterocycles. The predicted octanol–water partition coefficient (Wildman–Crippen LogP) is 6.45. The highest BCUT2D eigenvalue weighted by Gasteiger charge is 2.13. The van der Waals surface area contributed by atoms with E-state index in [9.17, 15) is 9.18 Å². The van der Waals surface area contributed by atoms with E-state index in [0.717, 1.165) is 11.1 Å². The highest BCUT2D eigenvalue weighted by atomic mass is 19.1. The third-order valence-electron chi connectivity index (χ3n) is 5.52. The molecule has 0 radical (unpaired) electrons. The topological polar surface area (TPSA) is 104 Å². The Bertz CT molecular complexity index is 1540. The molecule has 0 unspecified atom stereocenters. The number of carbonyl (C=O) groups excluding carboxylic acids is 1. The largest absolute Gasteiger partial charge is 0.493 e. The van der Waals surface area contributed by atoms with Crippen LogP contribution in [0, 0.1) is 31.0 Å². The summed E-state index contributed by atoms with van der Waals surface area (Å²) in [6, 6.07) is 18.0. The number of aryl methyl sites for hydroxylation is 2. The van der Waals surface area contributed by atoms with Gasteiger partial charge in [-0.05, 0) is 78.6 Å². The number of ether oxygens (including phenoxy) is 4. The Morgan fingerprint density at radius 3 is 2.31 bits per heavy atom. The number of nitrogens with zero attached hydrogens (tertiary/aromatic N) is 3. The van der Waals surface area contributed by atoms with Crippen LogP contribution in [0.1, 0.15) is 27.8 Å². The molecule has 8 nitrogen and oxygen atoms in total. The highest BCUT2D eigenvalue weighted by molar-refractivity contribution is 5.87. The van der Waals surface area contributed by atoms with Crippen LogP contribution in [0.4, 0.5) is 4.39 Å². The maximum absolute atomic E-state index is 13.0. The summed E-state index contributed by atoms with van der Waals surface area (Å²) in [5.41, 5.74) is 3.52. The summed E-state index contributed by atoms with van der Waals surface area (Å²) in [6.45, 7) is 3.72. The molecule has 0 spiro atoms. The second-order valence-corrected chi connectivity index (χ2v) is 8.43. The van der Waals surface area contributed by atoms with E-state index in [1.807, 2.05) is 13.8 Å². The summed E-state index contributed by atoms with van der Waals surface area (Å²) < 4.78 is 35.6. The molecule has 0 fully saturated rings. The van der Waals surface area contributed by atoms with E-state index in [4.69, 9.17) is 24.2 Å². The molecule has 1 aromatic heterocycles. The van der Waals surface area contributed by atoms with Gasteiger partial charge in [0.05, 0.1) is 24.8 Å². The van der Waals surface area contributed by atoms with Gasteiger partial charge in [-0.25, -0.2) is 19.2 Å². The molecule has 0 amide bonds. The minimum absolute atomic E-state index is 0.0119. The van der Waals surface area contributed by atoms with Crippen molar-refractivity contribution in [3.63, 3.8) is 0 Å². The minimum atomic E-state index is -0.542. The zero-order chi connectivity index (χ0) is 27.8. The number of esters is 1. The summed E-state index contributed by atoms with van der Waals surface area (Å²) in [4.78, 5) is 20.4. The lowest BCUT2D eigenvalue weighted by Gasteiger charge is -2.13. The lowest BCUT2D eigenvalue weighted by Crippen LogP contribution is -2.01. The number of aromatic nitrogens is 2. The normalized spacial score (nSPS) is 10.6. The van der Waals surface area contributed by atoms with Crippen molar-refractivity contribution in [2.24, 2.45) is 0 Å². The van der Waals surface area contributed by atoms with Gasteiger partial charge < -0.3 is 18.9 Å². The second-order valence-electron chi connectivity index (χ2n) is 8.43. The van der Waals surface area contributed by atoms with Gasteiger partial charge in [-0.3, -0.25) is 0 Å². The standard InChI is InChI=1S/C30H24FN3O5/c1-19-12-23(16-32)13-20(2)30(19)39-28-15-27(33-18-34-28)38-25-10-6-22(14-26(25)36-3)17-37-29(35)11-7-21-4-8-24(31)9-5-21/h4-15,18H,17H2,1-3H3/b11-7+. The number of nitriles is 1. The molecule has 0 saturated carbocycles. The maximum Gasteiger partial charge on any atom is 0.331 e. The molecule has 0 aliphatic heterocycles. The Balaban J connectivity index is 1.41. The first-order chi connectivity index (χ1) is 18.8. The van der Waals surface area contributed by atoms with Crippen LogP contribution >= 0.6 is 0 Å². The molecule has 0 aliphatic rings. The third kappa shape index (κ3) is 7.17.